The van der Waals surface area contributed by atoms with Crippen LogP contribution in [0.2, 0.25) is 0 Å². The molecule has 0 radical (unpaired) electrons. The van der Waals surface area contributed by atoms with Gasteiger partial charge >= 0.3 is 5.97 Å². The van der Waals surface area contributed by atoms with E-state index in [2.05, 4.69) is 17.0 Å². The van der Waals surface area contributed by atoms with Crippen molar-refractivity contribution in [3.8, 4) is 11.1 Å². The molecular formula is C29H30N4O3. The highest BCUT2D eigenvalue weighted by molar-refractivity contribution is 6.03. The molecule has 1 heterocycles. The summed E-state index contributed by atoms with van der Waals surface area (Å²) in [6, 6.07) is 25.3. The van der Waals surface area contributed by atoms with Gasteiger partial charge in [0.2, 0.25) is 0 Å². The summed E-state index contributed by atoms with van der Waals surface area (Å²) < 4.78 is 5.36. The molecule has 4 rings (SSSR count). The monoisotopic (exact) mass is 482 g/mol. The predicted molar refractivity (Wildman–Crippen MR) is 143 cm³/mol. The van der Waals surface area contributed by atoms with Crippen LogP contribution >= 0.6 is 0 Å². The van der Waals surface area contributed by atoms with E-state index in [9.17, 15) is 4.79 Å². The van der Waals surface area contributed by atoms with Crippen LogP contribution in [-0.2, 0) is 11.3 Å². The maximum atomic E-state index is 12.9. The first-order valence-corrected chi connectivity index (χ1v) is 12.0. The molecule has 0 unspecified atom stereocenters. The number of hydrogen-bond acceptors (Lipinski definition) is 6. The van der Waals surface area contributed by atoms with Gasteiger partial charge in [0.1, 0.15) is 11.4 Å². The fourth-order valence-corrected chi connectivity index (χ4v) is 4.26. The van der Waals surface area contributed by atoms with E-state index in [-0.39, 0.29) is 11.8 Å². The second-order valence-corrected chi connectivity index (χ2v) is 8.42. The number of carbonyl (C=O) groups excluding carboxylic acids is 1. The van der Waals surface area contributed by atoms with Crippen LogP contribution in [0.3, 0.4) is 0 Å². The number of nitrogens with zero attached hydrogens (tertiary/aromatic N) is 3. The summed E-state index contributed by atoms with van der Waals surface area (Å²) >= 11 is 0. The topological polar surface area (TPSA) is 101 Å². The molecule has 0 saturated heterocycles. The van der Waals surface area contributed by atoms with Crippen LogP contribution in [0.25, 0.3) is 22.0 Å². The van der Waals surface area contributed by atoms with Gasteiger partial charge in [-0.25, -0.2) is 9.78 Å². The average Bonchev–Trinajstić information content (AvgIpc) is 2.92. The van der Waals surface area contributed by atoms with Crippen molar-refractivity contribution >= 4 is 28.5 Å². The lowest BCUT2D eigenvalue weighted by Gasteiger charge is -2.26. The molecule has 1 aromatic heterocycles. The molecule has 0 amide bonds. The van der Waals surface area contributed by atoms with Gasteiger partial charge in [0.05, 0.1) is 12.1 Å². The summed E-state index contributed by atoms with van der Waals surface area (Å²) in [6.07, 6.45) is 0.891. The van der Waals surface area contributed by atoms with Crippen molar-refractivity contribution in [2.45, 2.75) is 26.8 Å². The van der Waals surface area contributed by atoms with Crippen molar-refractivity contribution in [1.29, 1.82) is 0 Å². The molecule has 0 spiro atoms. The van der Waals surface area contributed by atoms with Gasteiger partial charge in [-0.3, -0.25) is 0 Å². The average molecular weight is 483 g/mol. The summed E-state index contributed by atoms with van der Waals surface area (Å²) in [5.41, 5.74) is 10.7. The van der Waals surface area contributed by atoms with Gasteiger partial charge in [-0.05, 0) is 42.2 Å². The van der Waals surface area contributed by atoms with Crippen LogP contribution in [0.1, 0.15) is 41.8 Å². The standard InChI is InChI=1S/C29H30N4O3/c1-3-17-33(28-25(29(34)36-4-2)18-22-9-5-8-12-26(22)31-28)19-20-13-15-21(16-14-20)23-10-6-7-11-24(23)27(30)32-35/h5-16,18,35H,3-4,17,19H2,1-2H3,(H2,30,32). The third kappa shape index (κ3) is 5.30. The quantitative estimate of drug-likeness (QED) is 0.106. The number of rotatable bonds is 9. The number of nitrogens with two attached hydrogens (primary N) is 1. The van der Waals surface area contributed by atoms with Crippen molar-refractivity contribution in [1.82, 2.24) is 4.98 Å². The zero-order chi connectivity index (χ0) is 25.5. The number of carbonyl (C=O) groups is 1. The van der Waals surface area contributed by atoms with E-state index >= 15 is 0 Å². The molecule has 7 nitrogen and oxygen atoms in total. The Morgan fingerprint density at radius 3 is 2.44 bits per heavy atom. The van der Waals surface area contributed by atoms with E-state index in [0.717, 1.165) is 40.6 Å². The fourth-order valence-electron chi connectivity index (χ4n) is 4.26. The van der Waals surface area contributed by atoms with Gasteiger partial charge in [0, 0.05) is 24.0 Å². The molecule has 184 valence electrons. The number of oxime groups is 1. The lowest BCUT2D eigenvalue weighted by Crippen LogP contribution is -2.27. The van der Waals surface area contributed by atoms with Crippen LogP contribution in [0.5, 0.6) is 0 Å². The first kappa shape index (κ1) is 24.7. The van der Waals surface area contributed by atoms with Gasteiger partial charge in [-0.1, -0.05) is 78.8 Å². The van der Waals surface area contributed by atoms with Gasteiger partial charge < -0.3 is 20.6 Å². The Labute approximate surface area is 210 Å². The lowest BCUT2D eigenvalue weighted by atomic mass is 9.98. The third-order valence-corrected chi connectivity index (χ3v) is 5.94. The molecule has 0 aliphatic heterocycles. The summed E-state index contributed by atoms with van der Waals surface area (Å²) in [4.78, 5) is 19.9. The molecule has 36 heavy (non-hydrogen) atoms. The van der Waals surface area contributed by atoms with Crippen molar-refractivity contribution in [3.05, 3.63) is 95.6 Å². The highest BCUT2D eigenvalue weighted by Crippen LogP contribution is 2.28. The summed E-state index contributed by atoms with van der Waals surface area (Å²) in [7, 11) is 0. The van der Waals surface area contributed by atoms with E-state index in [0.29, 0.717) is 30.1 Å². The van der Waals surface area contributed by atoms with Crippen LogP contribution in [0, 0.1) is 0 Å². The number of esters is 1. The third-order valence-electron chi connectivity index (χ3n) is 5.94. The van der Waals surface area contributed by atoms with Crippen LogP contribution in [-0.4, -0.2) is 35.1 Å². The number of aromatic nitrogens is 1. The molecule has 4 aromatic rings. The molecule has 0 saturated carbocycles. The van der Waals surface area contributed by atoms with Crippen molar-refractivity contribution in [2.24, 2.45) is 10.9 Å². The van der Waals surface area contributed by atoms with Crippen LogP contribution in [0.15, 0.2) is 84.0 Å². The highest BCUT2D eigenvalue weighted by Gasteiger charge is 2.21. The van der Waals surface area contributed by atoms with Crippen molar-refractivity contribution in [3.63, 3.8) is 0 Å². The Morgan fingerprint density at radius 2 is 1.72 bits per heavy atom. The predicted octanol–water partition coefficient (Wildman–Crippen LogP) is 5.59. The van der Waals surface area contributed by atoms with Gasteiger partial charge in [0.15, 0.2) is 5.84 Å². The smallest absolute Gasteiger partial charge is 0.341 e. The number of pyridine rings is 1. The molecular weight excluding hydrogens is 452 g/mol. The van der Waals surface area contributed by atoms with E-state index in [1.807, 2.05) is 78.9 Å². The van der Waals surface area contributed by atoms with E-state index in [1.165, 1.54) is 0 Å². The Morgan fingerprint density at radius 1 is 1.00 bits per heavy atom. The minimum atomic E-state index is -0.373. The number of anilines is 1. The second kappa shape index (κ2) is 11.4. The normalized spacial score (nSPS) is 11.4. The van der Waals surface area contributed by atoms with Gasteiger partial charge in [0.25, 0.3) is 0 Å². The number of hydrogen-bond donors (Lipinski definition) is 2. The second-order valence-electron chi connectivity index (χ2n) is 8.42. The Kier molecular flexibility index (Phi) is 7.80. The van der Waals surface area contributed by atoms with Gasteiger partial charge in [-0.15, -0.1) is 0 Å². The molecule has 0 atom stereocenters. The molecule has 0 fully saturated rings. The molecule has 0 bridgehead atoms. The van der Waals surface area contributed by atoms with E-state index in [1.54, 1.807) is 6.92 Å². The number of benzene rings is 3. The first-order valence-electron chi connectivity index (χ1n) is 12.0. The number of ether oxygens (including phenoxy) is 1. The Hall–Kier alpha value is -4.39. The maximum absolute atomic E-state index is 12.9. The minimum Gasteiger partial charge on any atom is -0.462 e. The molecule has 0 aliphatic rings. The van der Waals surface area contributed by atoms with Gasteiger partial charge in [-0.2, -0.15) is 0 Å². The molecule has 3 N–H and O–H groups in total. The van der Waals surface area contributed by atoms with Crippen LogP contribution in [0.4, 0.5) is 5.82 Å². The largest absolute Gasteiger partial charge is 0.462 e. The lowest BCUT2D eigenvalue weighted by molar-refractivity contribution is 0.0527. The molecule has 7 heteroatoms. The number of amidine groups is 1. The SMILES string of the molecule is CCCN(Cc1ccc(-c2ccccc2/C(N)=N/O)cc1)c1nc2ccccc2cc1C(=O)OCC. The highest BCUT2D eigenvalue weighted by atomic mass is 16.5. The molecule has 0 aliphatic carbocycles. The number of fused-ring (bicyclic) bond motifs is 1. The maximum Gasteiger partial charge on any atom is 0.341 e. The Balaban J connectivity index is 1.69. The number of para-hydroxylation sites is 1. The van der Waals surface area contributed by atoms with E-state index < -0.39 is 0 Å². The zero-order valence-corrected chi connectivity index (χ0v) is 20.5. The van der Waals surface area contributed by atoms with Crippen molar-refractivity contribution < 1.29 is 14.7 Å². The Bertz CT molecular complexity index is 1380. The summed E-state index contributed by atoms with van der Waals surface area (Å²) in [6.45, 7) is 5.51. The zero-order valence-electron chi connectivity index (χ0n) is 20.5. The first-order chi connectivity index (χ1) is 17.5. The summed E-state index contributed by atoms with van der Waals surface area (Å²) in [5.74, 6) is 0.315. The fraction of sp³-hybridized carbons (Fsp3) is 0.207. The molecule has 3 aromatic carbocycles. The minimum absolute atomic E-state index is 0.0673. The summed E-state index contributed by atoms with van der Waals surface area (Å²) in [5, 5.41) is 13.2. The van der Waals surface area contributed by atoms with E-state index in [4.69, 9.17) is 20.7 Å². The van der Waals surface area contributed by atoms with Crippen molar-refractivity contribution in [2.75, 3.05) is 18.1 Å². The van der Waals surface area contributed by atoms with Crippen LogP contribution < -0.4 is 10.6 Å².